The van der Waals surface area contributed by atoms with E-state index in [1.54, 1.807) is 0 Å². The fourth-order valence-electron chi connectivity index (χ4n) is 3.66. The Bertz CT molecular complexity index is 662. The van der Waals surface area contributed by atoms with Crippen molar-refractivity contribution in [1.29, 1.82) is 0 Å². The summed E-state index contributed by atoms with van der Waals surface area (Å²) in [5.41, 5.74) is -0.278. The summed E-state index contributed by atoms with van der Waals surface area (Å²) in [5, 5.41) is 29.0. The van der Waals surface area contributed by atoms with Gasteiger partial charge in [0.15, 0.2) is 0 Å². The van der Waals surface area contributed by atoms with E-state index in [9.17, 15) is 24.6 Å². The number of carbonyl (C=O) groups excluding carboxylic acids is 1. The monoisotopic (exact) mass is 377 g/mol. The van der Waals surface area contributed by atoms with Gasteiger partial charge in [0.05, 0.1) is 6.10 Å². The topological polar surface area (TPSA) is 115 Å². The van der Waals surface area contributed by atoms with E-state index >= 15 is 0 Å². The van der Waals surface area contributed by atoms with Gasteiger partial charge in [0.1, 0.15) is 5.41 Å². The van der Waals surface area contributed by atoms with Crippen molar-refractivity contribution in [2.45, 2.75) is 51.0 Å². The summed E-state index contributed by atoms with van der Waals surface area (Å²) in [6, 6.07) is 9.72. The van der Waals surface area contributed by atoms with Gasteiger partial charge in [-0.1, -0.05) is 30.3 Å². The van der Waals surface area contributed by atoms with Gasteiger partial charge in [-0.3, -0.25) is 14.4 Å². The standard InChI is InChI=1S/C20H27NO6/c22-16-11-13-21(17(23)9-4-10-18(24)25)14-20(16,19(26)27)12-5-8-15-6-2-1-3-7-15/h1-3,6-7,16,22H,4-5,8-14H2,(H,24,25)(H,26,27)/t16-,20-/m1/s1. The van der Waals surface area contributed by atoms with Crippen molar-refractivity contribution >= 4 is 17.8 Å². The number of amides is 1. The highest BCUT2D eigenvalue weighted by molar-refractivity contribution is 5.80. The highest BCUT2D eigenvalue weighted by atomic mass is 16.4. The lowest BCUT2D eigenvalue weighted by molar-refractivity contribution is -0.167. The summed E-state index contributed by atoms with van der Waals surface area (Å²) in [5.74, 6) is -2.31. The van der Waals surface area contributed by atoms with Crippen LogP contribution < -0.4 is 0 Å². The fraction of sp³-hybridized carbons (Fsp3) is 0.550. The summed E-state index contributed by atoms with van der Waals surface area (Å²) in [6.45, 7) is 0.255. The van der Waals surface area contributed by atoms with Crippen LogP contribution in [0.3, 0.4) is 0 Å². The predicted octanol–water partition coefficient (Wildman–Crippen LogP) is 1.93. The van der Waals surface area contributed by atoms with Crippen molar-refractivity contribution in [3.8, 4) is 0 Å². The van der Waals surface area contributed by atoms with Crippen LogP contribution in [-0.2, 0) is 20.8 Å². The van der Waals surface area contributed by atoms with Crippen molar-refractivity contribution < 1.29 is 29.7 Å². The molecule has 148 valence electrons. The molecular weight excluding hydrogens is 350 g/mol. The van der Waals surface area contributed by atoms with Gasteiger partial charge in [0.2, 0.25) is 5.91 Å². The third-order valence-electron chi connectivity index (χ3n) is 5.27. The number of piperidine rings is 1. The highest BCUT2D eigenvalue weighted by Crippen LogP contribution is 2.36. The summed E-state index contributed by atoms with van der Waals surface area (Å²) >= 11 is 0. The van der Waals surface area contributed by atoms with E-state index in [1.807, 2.05) is 30.3 Å². The molecule has 27 heavy (non-hydrogen) atoms. The van der Waals surface area contributed by atoms with Crippen LogP contribution in [-0.4, -0.2) is 57.3 Å². The van der Waals surface area contributed by atoms with Gasteiger partial charge in [-0.15, -0.1) is 0 Å². The summed E-state index contributed by atoms with van der Waals surface area (Å²) < 4.78 is 0. The normalized spacial score (nSPS) is 22.4. The van der Waals surface area contributed by atoms with Gasteiger partial charge in [-0.25, -0.2) is 0 Å². The third-order valence-corrected chi connectivity index (χ3v) is 5.27. The smallest absolute Gasteiger partial charge is 0.314 e. The van der Waals surface area contributed by atoms with E-state index < -0.39 is 23.5 Å². The first-order valence-corrected chi connectivity index (χ1v) is 9.30. The number of hydrogen-bond donors (Lipinski definition) is 3. The second kappa shape index (κ2) is 9.50. The Balaban J connectivity index is 2.00. The number of aryl methyl sites for hydroxylation is 1. The van der Waals surface area contributed by atoms with Gasteiger partial charge in [-0.2, -0.15) is 0 Å². The van der Waals surface area contributed by atoms with Crippen molar-refractivity contribution in [1.82, 2.24) is 4.90 Å². The van der Waals surface area contributed by atoms with Crippen molar-refractivity contribution in [3.05, 3.63) is 35.9 Å². The Hall–Kier alpha value is -2.41. The SMILES string of the molecule is O=C(O)CCCC(=O)N1CC[C@@H](O)[C@](CCCc2ccccc2)(C(=O)O)C1. The molecule has 0 radical (unpaired) electrons. The number of aliphatic hydroxyl groups excluding tert-OH is 1. The molecule has 2 rings (SSSR count). The molecule has 1 amide bonds. The Kier molecular flexibility index (Phi) is 7.36. The molecule has 0 aliphatic carbocycles. The quantitative estimate of drug-likeness (QED) is 0.606. The maximum atomic E-state index is 12.4. The van der Waals surface area contributed by atoms with Crippen LogP contribution in [0.15, 0.2) is 30.3 Å². The maximum absolute atomic E-state index is 12.4. The number of aliphatic hydroxyl groups is 1. The van der Waals surface area contributed by atoms with Crippen LogP contribution in [0.5, 0.6) is 0 Å². The van der Waals surface area contributed by atoms with Crippen LogP contribution >= 0.6 is 0 Å². The van der Waals surface area contributed by atoms with Crippen LogP contribution in [0.25, 0.3) is 0 Å². The number of carbonyl (C=O) groups is 3. The third kappa shape index (κ3) is 5.53. The van der Waals surface area contributed by atoms with E-state index in [1.165, 1.54) is 4.90 Å². The Labute approximate surface area is 158 Å². The summed E-state index contributed by atoms with van der Waals surface area (Å²) in [7, 11) is 0. The molecule has 1 saturated heterocycles. The number of aliphatic carboxylic acids is 2. The van der Waals surface area contributed by atoms with Crippen molar-refractivity contribution in [2.75, 3.05) is 13.1 Å². The lowest BCUT2D eigenvalue weighted by atomic mass is 9.73. The number of benzene rings is 1. The minimum absolute atomic E-state index is 0.0375. The Morgan fingerprint density at radius 2 is 1.78 bits per heavy atom. The molecule has 1 aliphatic heterocycles. The Morgan fingerprint density at radius 1 is 1.07 bits per heavy atom. The summed E-state index contributed by atoms with van der Waals surface area (Å²) in [6.07, 6.45) is 0.976. The van der Waals surface area contributed by atoms with Crippen molar-refractivity contribution in [2.24, 2.45) is 5.41 Å². The van der Waals surface area contributed by atoms with E-state index in [4.69, 9.17) is 5.11 Å². The number of carboxylic acids is 2. The zero-order valence-corrected chi connectivity index (χ0v) is 15.3. The molecule has 0 bridgehead atoms. The average molecular weight is 377 g/mol. The molecule has 1 aromatic carbocycles. The van der Waals surface area contributed by atoms with E-state index in [0.29, 0.717) is 19.4 Å². The molecule has 2 atom stereocenters. The average Bonchev–Trinajstić information content (AvgIpc) is 2.63. The first-order chi connectivity index (χ1) is 12.8. The van der Waals surface area contributed by atoms with Gasteiger partial charge < -0.3 is 20.2 Å². The van der Waals surface area contributed by atoms with Crippen LogP contribution in [0.2, 0.25) is 0 Å². The molecule has 0 saturated carbocycles. The number of likely N-dealkylation sites (tertiary alicyclic amines) is 1. The largest absolute Gasteiger partial charge is 0.481 e. The molecule has 0 spiro atoms. The first-order valence-electron chi connectivity index (χ1n) is 9.30. The zero-order valence-electron chi connectivity index (χ0n) is 15.3. The van der Waals surface area contributed by atoms with Crippen molar-refractivity contribution in [3.63, 3.8) is 0 Å². The van der Waals surface area contributed by atoms with E-state index in [2.05, 4.69) is 0 Å². The number of nitrogens with zero attached hydrogens (tertiary/aromatic N) is 1. The molecule has 7 heteroatoms. The molecule has 0 unspecified atom stereocenters. The minimum Gasteiger partial charge on any atom is -0.481 e. The van der Waals surface area contributed by atoms with Gasteiger partial charge in [0, 0.05) is 25.9 Å². The molecule has 1 fully saturated rings. The van der Waals surface area contributed by atoms with E-state index in [0.717, 1.165) is 5.56 Å². The first kappa shape index (κ1) is 20.9. The second-order valence-electron chi connectivity index (χ2n) is 7.17. The molecule has 1 heterocycles. The van der Waals surface area contributed by atoms with Crippen LogP contribution in [0.1, 0.15) is 44.1 Å². The van der Waals surface area contributed by atoms with Crippen LogP contribution in [0, 0.1) is 5.41 Å². The maximum Gasteiger partial charge on any atom is 0.314 e. The minimum atomic E-state index is -1.38. The number of hydrogen-bond acceptors (Lipinski definition) is 4. The lowest BCUT2D eigenvalue weighted by Crippen LogP contribution is -2.57. The molecule has 0 aromatic heterocycles. The molecule has 1 aliphatic rings. The molecule has 1 aromatic rings. The summed E-state index contributed by atoms with van der Waals surface area (Å²) in [4.78, 5) is 36.4. The Morgan fingerprint density at radius 3 is 2.41 bits per heavy atom. The number of carboxylic acid groups (broad SMARTS) is 2. The predicted molar refractivity (Wildman–Crippen MR) is 98.1 cm³/mol. The van der Waals surface area contributed by atoms with Gasteiger partial charge in [0.25, 0.3) is 0 Å². The van der Waals surface area contributed by atoms with Gasteiger partial charge in [-0.05, 0) is 37.7 Å². The second-order valence-corrected chi connectivity index (χ2v) is 7.17. The van der Waals surface area contributed by atoms with Gasteiger partial charge >= 0.3 is 11.9 Å². The molecule has 7 nitrogen and oxygen atoms in total. The highest BCUT2D eigenvalue weighted by Gasteiger charge is 2.49. The fourth-order valence-corrected chi connectivity index (χ4v) is 3.66. The number of rotatable bonds is 9. The zero-order chi connectivity index (χ0) is 19.9. The van der Waals surface area contributed by atoms with E-state index in [-0.39, 0.29) is 44.6 Å². The molecular formula is C20H27NO6. The molecule has 3 N–H and O–H groups in total. The lowest BCUT2D eigenvalue weighted by Gasteiger charge is -2.43. The van der Waals surface area contributed by atoms with Crippen LogP contribution in [0.4, 0.5) is 0 Å².